The molecule has 4 N–H and O–H groups in total. The van der Waals surface area contributed by atoms with Crippen LogP contribution in [0.2, 0.25) is 0 Å². The van der Waals surface area contributed by atoms with Gasteiger partial charge in [0, 0.05) is 5.69 Å². The molecule has 1 rings (SSSR count). The molecule has 2 amide bonds. The summed E-state index contributed by atoms with van der Waals surface area (Å²) in [4.78, 5) is 22.1. The molecule has 1 aromatic carbocycles. The summed E-state index contributed by atoms with van der Waals surface area (Å²) in [6, 6.07) is 5.35. The smallest absolute Gasteiger partial charge is 0.243 e. The predicted octanol–water partition coefficient (Wildman–Crippen LogP) is 2.24. The molecule has 0 atom stereocenters. The van der Waals surface area contributed by atoms with E-state index in [1.165, 1.54) is 0 Å². The van der Waals surface area contributed by atoms with Crippen molar-refractivity contribution in [2.45, 2.75) is 13.8 Å². The molecule has 0 radical (unpaired) electrons. The van der Waals surface area contributed by atoms with E-state index in [1.54, 1.807) is 24.4 Å². The van der Waals surface area contributed by atoms with Gasteiger partial charge in [-0.2, -0.15) is 0 Å². The summed E-state index contributed by atoms with van der Waals surface area (Å²) in [7, 11) is 0. The molecule has 23 heavy (non-hydrogen) atoms. The van der Waals surface area contributed by atoms with Crippen LogP contribution in [0.15, 0.2) is 54.8 Å². The monoisotopic (exact) mass is 314 g/mol. The number of allylic oxidation sites excluding steroid dienone is 4. The number of hydrogen-bond donors (Lipinski definition) is 4. The van der Waals surface area contributed by atoms with Gasteiger partial charge in [0.1, 0.15) is 0 Å². The molecular weight excluding hydrogens is 292 g/mol. The number of anilines is 2. The minimum atomic E-state index is -0.148. The molecule has 6 nitrogen and oxygen atoms in total. The average Bonchev–Trinajstić information content (AvgIpc) is 2.53. The van der Waals surface area contributed by atoms with E-state index < -0.39 is 0 Å². The van der Waals surface area contributed by atoms with Gasteiger partial charge in [-0.15, -0.1) is 0 Å². The van der Waals surface area contributed by atoms with Gasteiger partial charge in [-0.3, -0.25) is 20.4 Å². The Morgan fingerprint density at radius 2 is 2.13 bits per heavy atom. The second kappa shape index (κ2) is 9.83. The Bertz CT molecular complexity index is 621. The van der Waals surface area contributed by atoms with Crippen molar-refractivity contribution in [3.8, 4) is 0 Å². The SMILES string of the molecule is C=C/C(C)=C\C=C/NCC(=O)Nc1ccc(NNC=O)c(C)c1. The maximum atomic E-state index is 11.8. The van der Waals surface area contributed by atoms with Crippen LogP contribution >= 0.6 is 0 Å². The third-order valence-electron chi connectivity index (χ3n) is 2.93. The Labute approximate surface area is 136 Å². The molecule has 0 aliphatic heterocycles. The van der Waals surface area contributed by atoms with Gasteiger partial charge in [-0.1, -0.05) is 24.3 Å². The first-order valence-corrected chi connectivity index (χ1v) is 7.11. The van der Waals surface area contributed by atoms with Crippen molar-refractivity contribution in [1.82, 2.24) is 10.7 Å². The van der Waals surface area contributed by atoms with Crippen molar-refractivity contribution in [2.75, 3.05) is 17.3 Å². The normalized spacial score (nSPS) is 11.0. The summed E-state index contributed by atoms with van der Waals surface area (Å²) in [5.74, 6) is -0.148. The summed E-state index contributed by atoms with van der Waals surface area (Å²) in [5, 5.41) is 5.70. The third-order valence-corrected chi connectivity index (χ3v) is 2.93. The Kier molecular flexibility index (Phi) is 7.71. The lowest BCUT2D eigenvalue weighted by molar-refractivity contribution is -0.115. The van der Waals surface area contributed by atoms with Crippen molar-refractivity contribution in [2.24, 2.45) is 0 Å². The quantitative estimate of drug-likeness (QED) is 0.320. The fraction of sp³-hybridized carbons (Fsp3) is 0.176. The number of aryl methyl sites for hydroxylation is 1. The van der Waals surface area contributed by atoms with E-state index in [2.05, 4.69) is 28.1 Å². The highest BCUT2D eigenvalue weighted by atomic mass is 16.2. The van der Waals surface area contributed by atoms with Crippen LogP contribution in [0, 0.1) is 6.92 Å². The molecule has 0 fully saturated rings. The maximum Gasteiger partial charge on any atom is 0.243 e. The van der Waals surface area contributed by atoms with Crippen LogP contribution in [0.4, 0.5) is 11.4 Å². The molecule has 0 saturated carbocycles. The molecule has 0 bridgehead atoms. The van der Waals surface area contributed by atoms with Crippen LogP contribution in [0.3, 0.4) is 0 Å². The van der Waals surface area contributed by atoms with Crippen LogP contribution in [-0.2, 0) is 9.59 Å². The van der Waals surface area contributed by atoms with Gasteiger partial charge < -0.3 is 10.6 Å². The van der Waals surface area contributed by atoms with Crippen molar-refractivity contribution >= 4 is 23.7 Å². The Morgan fingerprint density at radius 1 is 1.35 bits per heavy atom. The van der Waals surface area contributed by atoms with Crippen molar-refractivity contribution in [3.63, 3.8) is 0 Å². The zero-order valence-electron chi connectivity index (χ0n) is 13.3. The van der Waals surface area contributed by atoms with Gasteiger partial charge in [-0.25, -0.2) is 0 Å². The highest BCUT2D eigenvalue weighted by Gasteiger charge is 2.03. The van der Waals surface area contributed by atoms with Gasteiger partial charge >= 0.3 is 0 Å². The van der Waals surface area contributed by atoms with Crippen molar-refractivity contribution in [1.29, 1.82) is 0 Å². The van der Waals surface area contributed by atoms with E-state index in [0.717, 1.165) is 16.8 Å². The minimum Gasteiger partial charge on any atom is -0.382 e. The van der Waals surface area contributed by atoms with Crippen LogP contribution in [0.25, 0.3) is 0 Å². The lowest BCUT2D eigenvalue weighted by atomic mass is 10.2. The lowest BCUT2D eigenvalue weighted by Gasteiger charge is -2.11. The first-order valence-electron chi connectivity index (χ1n) is 7.11. The minimum absolute atomic E-state index is 0.148. The molecule has 0 aliphatic carbocycles. The van der Waals surface area contributed by atoms with Crippen LogP contribution in [0.5, 0.6) is 0 Å². The third kappa shape index (κ3) is 6.99. The zero-order chi connectivity index (χ0) is 17.1. The first-order chi connectivity index (χ1) is 11.1. The van der Waals surface area contributed by atoms with Crippen molar-refractivity contribution in [3.05, 3.63) is 60.3 Å². The van der Waals surface area contributed by atoms with E-state index in [1.807, 2.05) is 32.1 Å². The summed E-state index contributed by atoms with van der Waals surface area (Å²) >= 11 is 0. The number of nitrogens with one attached hydrogen (secondary N) is 4. The summed E-state index contributed by atoms with van der Waals surface area (Å²) in [5.41, 5.74) is 8.51. The molecule has 0 unspecified atom stereocenters. The standard InChI is InChI=1S/C17H22N4O2/c1-4-13(2)6-5-9-18-11-17(23)20-15-7-8-16(14(3)10-15)21-19-12-22/h4-10,12,18,21H,1,11H2,2-3H3,(H,19,22)(H,20,23)/b9-5-,13-6-. The molecule has 0 heterocycles. The van der Waals surface area contributed by atoms with Crippen LogP contribution in [0.1, 0.15) is 12.5 Å². The fourth-order valence-electron chi connectivity index (χ4n) is 1.68. The van der Waals surface area contributed by atoms with E-state index in [0.29, 0.717) is 12.1 Å². The van der Waals surface area contributed by atoms with Crippen LogP contribution < -0.4 is 21.5 Å². The summed E-state index contributed by atoms with van der Waals surface area (Å²) < 4.78 is 0. The second-order valence-corrected chi connectivity index (χ2v) is 4.82. The van der Waals surface area contributed by atoms with Gasteiger partial charge in [0.05, 0.1) is 12.2 Å². The Morgan fingerprint density at radius 3 is 2.78 bits per heavy atom. The molecule has 0 aromatic heterocycles. The van der Waals surface area contributed by atoms with Crippen molar-refractivity contribution < 1.29 is 9.59 Å². The van der Waals surface area contributed by atoms with E-state index in [4.69, 9.17) is 0 Å². The Balaban J connectivity index is 2.46. The Hall–Kier alpha value is -3.02. The summed E-state index contributed by atoms with van der Waals surface area (Å²) in [6.45, 7) is 7.64. The number of hydrazine groups is 1. The predicted molar refractivity (Wildman–Crippen MR) is 93.7 cm³/mol. The number of amides is 2. The molecule has 0 saturated heterocycles. The van der Waals surface area contributed by atoms with Crippen LogP contribution in [-0.4, -0.2) is 18.9 Å². The van der Waals surface area contributed by atoms with Gasteiger partial charge in [0.15, 0.2) is 0 Å². The van der Waals surface area contributed by atoms with E-state index in [9.17, 15) is 9.59 Å². The molecule has 0 aliphatic rings. The second-order valence-electron chi connectivity index (χ2n) is 4.82. The van der Waals surface area contributed by atoms with Gasteiger partial charge in [0.25, 0.3) is 0 Å². The number of benzene rings is 1. The van der Waals surface area contributed by atoms with Gasteiger partial charge in [-0.05, 0) is 49.9 Å². The average molecular weight is 314 g/mol. The first kappa shape index (κ1) is 18.0. The highest BCUT2D eigenvalue weighted by Crippen LogP contribution is 2.18. The molecule has 0 spiro atoms. The molecule has 1 aromatic rings. The zero-order valence-corrected chi connectivity index (χ0v) is 13.3. The topological polar surface area (TPSA) is 82.3 Å². The maximum absolute atomic E-state index is 11.8. The highest BCUT2D eigenvalue weighted by molar-refractivity contribution is 5.92. The summed E-state index contributed by atoms with van der Waals surface area (Å²) in [6.07, 6.45) is 7.72. The molecule has 122 valence electrons. The van der Waals surface area contributed by atoms with E-state index >= 15 is 0 Å². The number of carbonyl (C=O) groups excluding carboxylic acids is 2. The largest absolute Gasteiger partial charge is 0.382 e. The molecule has 6 heteroatoms. The number of rotatable bonds is 9. The van der Waals surface area contributed by atoms with Gasteiger partial charge in [0.2, 0.25) is 12.3 Å². The molecular formula is C17H22N4O2. The number of hydrogen-bond acceptors (Lipinski definition) is 4. The fourth-order valence-corrected chi connectivity index (χ4v) is 1.68. The number of carbonyl (C=O) groups is 2. The lowest BCUT2D eigenvalue weighted by Crippen LogP contribution is -2.24. The van der Waals surface area contributed by atoms with E-state index in [-0.39, 0.29) is 12.5 Å².